The fraction of sp³-hybridized carbons (Fsp3) is 0.279. The molecule has 252 valence electrons. The number of hydrogen-bond donors (Lipinski definition) is 0. The molecule has 0 fully saturated rings. The van der Waals surface area contributed by atoms with Crippen LogP contribution in [0.4, 0.5) is 0 Å². The van der Waals surface area contributed by atoms with E-state index in [0.717, 1.165) is 50.9 Å². The largest absolute Gasteiger partial charge is 0.458 e. The monoisotopic (exact) mass is 690 g/mol. The van der Waals surface area contributed by atoms with Gasteiger partial charge in [0.25, 0.3) is 6.71 Å². The Labute approximate surface area is 299 Å². The standard InChI is InChI=1S/C43H47BN2O2Si2/c1-26(2)30-14-13-15-31(27(3)4)41(30)46-36-17-12-11-16-35(36)45-43(46)32-20-23-37-40-42(32)48-39-25-29(50(8,9)10)19-22-34(39)44(40)33-21-18-28(49(5,6)7)24-38(33)47-37/h11-27H,1-10H3. The van der Waals surface area contributed by atoms with Gasteiger partial charge in [0.2, 0.25) is 0 Å². The Morgan fingerprint density at radius 1 is 0.620 bits per heavy atom. The Balaban J connectivity index is 1.44. The Morgan fingerprint density at radius 3 is 1.78 bits per heavy atom. The minimum atomic E-state index is -1.62. The van der Waals surface area contributed by atoms with Gasteiger partial charge in [0.1, 0.15) is 28.8 Å². The predicted octanol–water partition coefficient (Wildman–Crippen LogP) is 8.76. The Morgan fingerprint density at radius 2 is 1.20 bits per heavy atom. The lowest BCUT2D eigenvalue weighted by Crippen LogP contribution is -2.58. The van der Waals surface area contributed by atoms with E-state index >= 15 is 0 Å². The topological polar surface area (TPSA) is 36.3 Å². The van der Waals surface area contributed by atoms with Gasteiger partial charge in [-0.2, -0.15) is 0 Å². The summed E-state index contributed by atoms with van der Waals surface area (Å²) in [6.07, 6.45) is 0. The summed E-state index contributed by atoms with van der Waals surface area (Å²) in [6.45, 7) is 23.5. The Kier molecular flexibility index (Phi) is 7.63. The second-order valence-corrected chi connectivity index (χ2v) is 27.0. The van der Waals surface area contributed by atoms with E-state index in [2.05, 4.69) is 163 Å². The number of ether oxygens (including phenoxy) is 2. The van der Waals surface area contributed by atoms with Crippen molar-refractivity contribution in [3.8, 4) is 40.1 Å². The lowest BCUT2D eigenvalue weighted by atomic mass is 9.34. The Hall–Kier alpha value is -4.33. The van der Waals surface area contributed by atoms with Crippen LogP contribution in [0.25, 0.3) is 28.1 Å². The number of nitrogens with zero attached hydrogens (tertiary/aromatic N) is 2. The predicted molar refractivity (Wildman–Crippen MR) is 218 cm³/mol. The summed E-state index contributed by atoms with van der Waals surface area (Å²) >= 11 is 0. The molecule has 2 aliphatic heterocycles. The molecule has 50 heavy (non-hydrogen) atoms. The minimum Gasteiger partial charge on any atom is -0.458 e. The van der Waals surface area contributed by atoms with Gasteiger partial charge in [-0.3, -0.25) is 4.57 Å². The summed E-state index contributed by atoms with van der Waals surface area (Å²) in [4.78, 5) is 5.42. The van der Waals surface area contributed by atoms with Crippen molar-refractivity contribution in [2.75, 3.05) is 0 Å². The van der Waals surface area contributed by atoms with Crippen molar-refractivity contribution in [1.29, 1.82) is 0 Å². The number of rotatable bonds is 6. The van der Waals surface area contributed by atoms with Crippen molar-refractivity contribution in [3.63, 3.8) is 0 Å². The zero-order valence-electron chi connectivity index (χ0n) is 31.1. The van der Waals surface area contributed by atoms with Crippen LogP contribution in [0.15, 0.2) is 91.0 Å². The van der Waals surface area contributed by atoms with Crippen molar-refractivity contribution in [1.82, 2.24) is 9.55 Å². The second-order valence-electron chi connectivity index (χ2n) is 16.9. The van der Waals surface area contributed by atoms with E-state index in [1.807, 2.05) is 0 Å². The van der Waals surface area contributed by atoms with Gasteiger partial charge in [0.05, 0.1) is 38.4 Å². The van der Waals surface area contributed by atoms with Crippen LogP contribution in [0, 0.1) is 0 Å². The summed E-state index contributed by atoms with van der Waals surface area (Å²) in [5.74, 6) is 5.16. The highest BCUT2D eigenvalue weighted by molar-refractivity contribution is 6.99. The van der Waals surface area contributed by atoms with Gasteiger partial charge < -0.3 is 9.47 Å². The number of benzene rings is 5. The fourth-order valence-corrected chi connectivity index (χ4v) is 10.1. The quantitative estimate of drug-likeness (QED) is 0.164. The molecule has 0 saturated heterocycles. The maximum Gasteiger partial charge on any atom is 0.260 e. The molecule has 2 aliphatic rings. The molecule has 0 radical (unpaired) electrons. The molecule has 0 spiro atoms. The van der Waals surface area contributed by atoms with Crippen LogP contribution in [0.5, 0.6) is 23.0 Å². The maximum atomic E-state index is 7.18. The first kappa shape index (κ1) is 32.8. The summed E-state index contributed by atoms with van der Waals surface area (Å²) in [5.41, 5.74) is 10.4. The SMILES string of the molecule is CC(C)c1cccc(C(C)C)c1-n1c(-c2ccc3c4c2Oc2cc([Si](C)(C)C)ccc2B4c2ccc([Si](C)(C)C)cc2O3)nc2ccccc21. The normalized spacial score (nSPS) is 13.6. The Bertz CT molecular complexity index is 2290. The molecule has 0 bridgehead atoms. The van der Waals surface area contributed by atoms with Crippen LogP contribution in [0.2, 0.25) is 39.3 Å². The van der Waals surface area contributed by atoms with Crippen LogP contribution in [-0.4, -0.2) is 32.4 Å². The molecule has 0 unspecified atom stereocenters. The molecule has 8 rings (SSSR count). The fourth-order valence-electron chi connectivity index (χ4n) is 7.80. The van der Waals surface area contributed by atoms with Crippen LogP contribution >= 0.6 is 0 Å². The number of fused-ring (bicyclic) bond motifs is 5. The highest BCUT2D eigenvalue weighted by atomic mass is 28.3. The number of hydrogen-bond acceptors (Lipinski definition) is 3. The summed E-state index contributed by atoms with van der Waals surface area (Å²) in [5, 5.41) is 2.79. The van der Waals surface area contributed by atoms with Crippen molar-refractivity contribution in [3.05, 3.63) is 102 Å². The maximum absolute atomic E-state index is 7.18. The van der Waals surface area contributed by atoms with Crippen molar-refractivity contribution < 1.29 is 9.47 Å². The van der Waals surface area contributed by atoms with Gasteiger partial charge in [-0.25, -0.2) is 4.98 Å². The molecule has 1 aromatic heterocycles. The highest BCUT2D eigenvalue weighted by Gasteiger charge is 2.42. The molecule has 0 amide bonds. The highest BCUT2D eigenvalue weighted by Crippen LogP contribution is 2.43. The van der Waals surface area contributed by atoms with Gasteiger partial charge in [-0.1, -0.05) is 132 Å². The molecule has 7 heteroatoms. The minimum absolute atomic E-state index is 0.00850. The van der Waals surface area contributed by atoms with E-state index in [0.29, 0.717) is 11.8 Å². The molecular weight excluding hydrogens is 643 g/mol. The summed E-state index contributed by atoms with van der Waals surface area (Å²) in [6, 6.07) is 33.6. The first-order valence-corrected chi connectivity index (χ1v) is 25.1. The molecule has 0 saturated carbocycles. The van der Waals surface area contributed by atoms with E-state index < -0.39 is 16.1 Å². The smallest absolute Gasteiger partial charge is 0.260 e. The molecule has 4 nitrogen and oxygen atoms in total. The third kappa shape index (κ3) is 5.20. The first-order valence-electron chi connectivity index (χ1n) is 18.1. The van der Waals surface area contributed by atoms with Gasteiger partial charge in [-0.05, 0) is 70.3 Å². The van der Waals surface area contributed by atoms with E-state index in [1.54, 1.807) is 0 Å². The average molecular weight is 691 g/mol. The molecule has 5 aromatic carbocycles. The lowest BCUT2D eigenvalue weighted by Gasteiger charge is -2.35. The third-order valence-electron chi connectivity index (χ3n) is 10.6. The van der Waals surface area contributed by atoms with Crippen LogP contribution in [0.1, 0.15) is 50.7 Å². The number of aromatic nitrogens is 2. The molecule has 0 aliphatic carbocycles. The van der Waals surface area contributed by atoms with Crippen LogP contribution in [-0.2, 0) is 0 Å². The van der Waals surface area contributed by atoms with Gasteiger partial charge >= 0.3 is 0 Å². The third-order valence-corrected chi connectivity index (χ3v) is 14.7. The number of imidazole rings is 1. The van der Waals surface area contributed by atoms with Crippen molar-refractivity contribution >= 4 is 60.7 Å². The molecule has 0 atom stereocenters. The molecular formula is C43H47BN2O2Si2. The van der Waals surface area contributed by atoms with E-state index in [9.17, 15) is 0 Å². The van der Waals surface area contributed by atoms with Crippen LogP contribution in [0.3, 0.4) is 0 Å². The number of para-hydroxylation sites is 3. The lowest BCUT2D eigenvalue weighted by molar-refractivity contribution is 0.465. The molecule has 0 N–H and O–H groups in total. The average Bonchev–Trinajstić information content (AvgIpc) is 3.45. The van der Waals surface area contributed by atoms with Crippen molar-refractivity contribution in [2.24, 2.45) is 0 Å². The zero-order valence-corrected chi connectivity index (χ0v) is 33.1. The van der Waals surface area contributed by atoms with Crippen molar-refractivity contribution in [2.45, 2.75) is 78.8 Å². The van der Waals surface area contributed by atoms with Gasteiger partial charge in [0.15, 0.2) is 0 Å². The van der Waals surface area contributed by atoms with E-state index in [4.69, 9.17) is 14.5 Å². The second kappa shape index (κ2) is 11.6. The van der Waals surface area contributed by atoms with Crippen LogP contribution < -0.4 is 36.2 Å². The summed E-state index contributed by atoms with van der Waals surface area (Å²) < 4.78 is 16.4. The molecule has 6 aromatic rings. The van der Waals surface area contributed by atoms with E-state index in [1.165, 1.54) is 38.1 Å². The summed E-state index contributed by atoms with van der Waals surface area (Å²) in [7, 11) is -3.18. The van der Waals surface area contributed by atoms with Gasteiger partial charge in [0, 0.05) is 5.46 Å². The molecule has 3 heterocycles. The van der Waals surface area contributed by atoms with Gasteiger partial charge in [-0.15, -0.1) is 0 Å². The van der Waals surface area contributed by atoms with E-state index in [-0.39, 0.29) is 6.71 Å². The first-order chi connectivity index (χ1) is 23.7. The zero-order chi connectivity index (χ0) is 35.3.